The number of fused-ring (bicyclic) bond motifs is 1. The summed E-state index contributed by atoms with van der Waals surface area (Å²) in [5.41, 5.74) is 4.21. The topological polar surface area (TPSA) is 30.5 Å². The standard InChI is InChI=1S/C21H29NO2S.ClH/c1-14-11-18(23-3)21(24-4)17-8-5-7-15(20(14)17)12-16(13-22-2)19-9-6-10-25-19;/h6,9-11,15-16,22H,5,7-8,12-13H2,1-4H3;1H. The molecule has 0 saturated carbocycles. The summed E-state index contributed by atoms with van der Waals surface area (Å²) in [7, 11) is 5.53. The van der Waals surface area contributed by atoms with Gasteiger partial charge in [0.15, 0.2) is 11.5 Å². The van der Waals surface area contributed by atoms with Crippen molar-refractivity contribution in [2.24, 2.45) is 0 Å². The summed E-state index contributed by atoms with van der Waals surface area (Å²) in [4.78, 5) is 1.49. The van der Waals surface area contributed by atoms with Crippen molar-refractivity contribution < 1.29 is 9.47 Å². The van der Waals surface area contributed by atoms with Gasteiger partial charge in [0, 0.05) is 22.9 Å². The van der Waals surface area contributed by atoms with E-state index in [0.29, 0.717) is 11.8 Å². The normalized spacial score (nSPS) is 17.2. The zero-order valence-corrected chi connectivity index (χ0v) is 17.8. The first-order valence-corrected chi connectivity index (χ1v) is 9.99. The summed E-state index contributed by atoms with van der Waals surface area (Å²) in [6.45, 7) is 3.25. The van der Waals surface area contributed by atoms with Crippen molar-refractivity contribution >= 4 is 23.7 Å². The van der Waals surface area contributed by atoms with E-state index in [1.165, 1.54) is 40.8 Å². The van der Waals surface area contributed by atoms with Gasteiger partial charge in [-0.25, -0.2) is 0 Å². The van der Waals surface area contributed by atoms with Crippen molar-refractivity contribution in [1.82, 2.24) is 5.32 Å². The Bertz CT molecular complexity index is 703. The average Bonchev–Trinajstić information content (AvgIpc) is 3.15. The molecule has 3 nitrogen and oxygen atoms in total. The van der Waals surface area contributed by atoms with E-state index in [0.717, 1.165) is 24.5 Å². The number of halogens is 1. The summed E-state index contributed by atoms with van der Waals surface area (Å²) >= 11 is 1.87. The van der Waals surface area contributed by atoms with Crippen LogP contribution in [-0.2, 0) is 6.42 Å². The van der Waals surface area contributed by atoms with Crippen LogP contribution in [0.25, 0.3) is 0 Å². The quantitative estimate of drug-likeness (QED) is 0.689. The molecule has 1 N–H and O–H groups in total. The van der Waals surface area contributed by atoms with E-state index in [1.54, 1.807) is 14.2 Å². The zero-order valence-electron chi connectivity index (χ0n) is 16.1. The van der Waals surface area contributed by atoms with Crippen molar-refractivity contribution in [3.63, 3.8) is 0 Å². The molecule has 2 unspecified atom stereocenters. The minimum Gasteiger partial charge on any atom is -0.493 e. The van der Waals surface area contributed by atoms with E-state index < -0.39 is 0 Å². The molecule has 0 spiro atoms. The van der Waals surface area contributed by atoms with Crippen LogP contribution in [0, 0.1) is 6.92 Å². The van der Waals surface area contributed by atoms with Crippen molar-refractivity contribution in [1.29, 1.82) is 0 Å². The summed E-state index contributed by atoms with van der Waals surface area (Å²) in [5, 5.41) is 5.57. The molecule has 1 aromatic carbocycles. The molecule has 1 aliphatic rings. The highest BCUT2D eigenvalue weighted by Crippen LogP contribution is 2.46. The Labute approximate surface area is 167 Å². The third-order valence-corrected chi connectivity index (χ3v) is 6.41. The minimum absolute atomic E-state index is 0. The summed E-state index contributed by atoms with van der Waals surface area (Å²) in [5.74, 6) is 2.95. The fourth-order valence-electron chi connectivity index (χ4n) is 4.36. The first kappa shape index (κ1) is 21.1. The molecule has 0 bridgehead atoms. The van der Waals surface area contributed by atoms with Crippen LogP contribution in [0.5, 0.6) is 11.5 Å². The van der Waals surface area contributed by atoms with E-state index in [1.807, 2.05) is 11.3 Å². The number of rotatable bonds is 7. The molecule has 5 heteroatoms. The van der Waals surface area contributed by atoms with Gasteiger partial charge < -0.3 is 14.8 Å². The van der Waals surface area contributed by atoms with Gasteiger partial charge in [-0.1, -0.05) is 6.07 Å². The number of methoxy groups -OCH3 is 2. The fourth-order valence-corrected chi connectivity index (χ4v) is 5.20. The highest BCUT2D eigenvalue weighted by Gasteiger charge is 2.29. The lowest BCUT2D eigenvalue weighted by Gasteiger charge is -2.32. The van der Waals surface area contributed by atoms with Crippen LogP contribution in [0.4, 0.5) is 0 Å². The molecule has 3 rings (SSSR count). The summed E-state index contributed by atoms with van der Waals surface area (Å²) < 4.78 is 11.3. The van der Waals surface area contributed by atoms with Gasteiger partial charge in [0.2, 0.25) is 0 Å². The highest BCUT2D eigenvalue weighted by molar-refractivity contribution is 7.10. The van der Waals surface area contributed by atoms with Crippen LogP contribution < -0.4 is 14.8 Å². The van der Waals surface area contributed by atoms with E-state index in [4.69, 9.17) is 9.47 Å². The number of thiophene rings is 1. The molecule has 1 aromatic heterocycles. The van der Waals surface area contributed by atoms with Crippen LogP contribution in [0.3, 0.4) is 0 Å². The predicted octanol–water partition coefficient (Wildman–Crippen LogP) is 5.31. The molecule has 0 amide bonds. The molecule has 0 radical (unpaired) electrons. The molecular formula is C21H30ClNO2S. The second kappa shape index (κ2) is 9.63. The first-order valence-electron chi connectivity index (χ1n) is 9.11. The van der Waals surface area contributed by atoms with E-state index >= 15 is 0 Å². The van der Waals surface area contributed by atoms with Gasteiger partial charge in [-0.15, -0.1) is 23.7 Å². The second-order valence-electron chi connectivity index (χ2n) is 6.92. The van der Waals surface area contributed by atoms with Crippen LogP contribution >= 0.6 is 23.7 Å². The SMILES string of the molecule is CNCC(CC1CCCc2c(OC)c(OC)cc(C)c21)c1cccs1.Cl. The Kier molecular flexibility index (Phi) is 7.81. The summed E-state index contributed by atoms with van der Waals surface area (Å²) in [6, 6.07) is 6.59. The maximum atomic E-state index is 5.73. The maximum Gasteiger partial charge on any atom is 0.164 e. The molecule has 0 aliphatic heterocycles. The van der Waals surface area contributed by atoms with Gasteiger partial charge in [-0.05, 0) is 74.2 Å². The number of hydrogen-bond donors (Lipinski definition) is 1. The molecule has 2 atom stereocenters. The van der Waals surface area contributed by atoms with Crippen molar-refractivity contribution in [2.75, 3.05) is 27.8 Å². The number of likely N-dealkylation sites (N-methyl/N-ethyl adjacent to an activating group) is 1. The van der Waals surface area contributed by atoms with Crippen LogP contribution in [0.1, 0.15) is 52.7 Å². The molecule has 1 aliphatic carbocycles. The molecule has 1 heterocycles. The lowest BCUT2D eigenvalue weighted by atomic mass is 9.75. The van der Waals surface area contributed by atoms with Gasteiger partial charge in [-0.3, -0.25) is 0 Å². The van der Waals surface area contributed by atoms with E-state index in [-0.39, 0.29) is 12.4 Å². The molecular weight excluding hydrogens is 366 g/mol. The Morgan fingerprint density at radius 1 is 1.31 bits per heavy atom. The predicted molar refractivity (Wildman–Crippen MR) is 113 cm³/mol. The molecule has 0 fully saturated rings. The number of ether oxygens (including phenoxy) is 2. The number of aryl methyl sites for hydroxylation is 1. The van der Waals surface area contributed by atoms with Gasteiger partial charge in [0.05, 0.1) is 14.2 Å². The smallest absolute Gasteiger partial charge is 0.164 e. The number of benzene rings is 1. The van der Waals surface area contributed by atoms with Crippen molar-refractivity contribution in [3.05, 3.63) is 45.1 Å². The third kappa shape index (κ3) is 4.19. The third-order valence-electron chi connectivity index (χ3n) is 5.37. The van der Waals surface area contributed by atoms with Gasteiger partial charge in [0.25, 0.3) is 0 Å². The van der Waals surface area contributed by atoms with Gasteiger partial charge in [-0.2, -0.15) is 0 Å². The molecule has 144 valence electrons. The van der Waals surface area contributed by atoms with Crippen LogP contribution in [-0.4, -0.2) is 27.8 Å². The van der Waals surface area contributed by atoms with Crippen LogP contribution in [0.15, 0.2) is 23.6 Å². The zero-order chi connectivity index (χ0) is 17.8. The van der Waals surface area contributed by atoms with E-state index in [2.05, 4.69) is 42.9 Å². The monoisotopic (exact) mass is 395 g/mol. The van der Waals surface area contributed by atoms with Crippen LogP contribution in [0.2, 0.25) is 0 Å². The van der Waals surface area contributed by atoms with Gasteiger partial charge in [0.1, 0.15) is 0 Å². The lowest BCUT2D eigenvalue weighted by molar-refractivity contribution is 0.346. The largest absolute Gasteiger partial charge is 0.493 e. The minimum atomic E-state index is 0. The van der Waals surface area contributed by atoms with E-state index in [9.17, 15) is 0 Å². The molecule has 0 saturated heterocycles. The number of nitrogens with one attached hydrogen (secondary N) is 1. The Balaban J connectivity index is 0.00000243. The average molecular weight is 396 g/mol. The second-order valence-corrected chi connectivity index (χ2v) is 7.90. The Morgan fingerprint density at radius 3 is 2.73 bits per heavy atom. The van der Waals surface area contributed by atoms with Gasteiger partial charge >= 0.3 is 0 Å². The number of hydrogen-bond acceptors (Lipinski definition) is 4. The Morgan fingerprint density at radius 2 is 2.12 bits per heavy atom. The lowest BCUT2D eigenvalue weighted by Crippen LogP contribution is -2.21. The van der Waals surface area contributed by atoms with Crippen molar-refractivity contribution in [2.45, 2.75) is 44.4 Å². The maximum absolute atomic E-state index is 5.73. The Hall–Kier alpha value is -1.23. The fraction of sp³-hybridized carbons (Fsp3) is 0.524. The summed E-state index contributed by atoms with van der Waals surface area (Å²) in [6.07, 6.45) is 4.75. The highest BCUT2D eigenvalue weighted by atomic mass is 35.5. The molecule has 26 heavy (non-hydrogen) atoms. The van der Waals surface area contributed by atoms with Crippen molar-refractivity contribution in [3.8, 4) is 11.5 Å². The molecule has 2 aromatic rings. The first-order chi connectivity index (χ1) is 12.2.